The number of imidazole rings is 1. The number of halogens is 2. The molecule has 1 aliphatic carbocycles. The van der Waals surface area contributed by atoms with E-state index < -0.39 is 9.84 Å². The molecule has 1 aromatic heterocycles. The fourth-order valence-electron chi connectivity index (χ4n) is 4.56. The van der Waals surface area contributed by atoms with Crippen molar-refractivity contribution in [1.82, 2.24) is 14.5 Å². The molecule has 0 bridgehead atoms. The number of ether oxygens (including phenoxy) is 1. The Morgan fingerprint density at radius 2 is 1.89 bits per heavy atom. The number of carbonyl (C=O) groups excluding carboxylic acids is 1. The number of rotatable bonds is 9. The van der Waals surface area contributed by atoms with E-state index in [-0.39, 0.29) is 40.5 Å². The molecule has 1 amide bonds. The number of aromatic nitrogens is 2. The molecule has 2 aromatic carbocycles. The number of carbonyl (C=O) groups is 1. The summed E-state index contributed by atoms with van der Waals surface area (Å²) in [5.41, 5.74) is 1.72. The van der Waals surface area contributed by atoms with E-state index in [1.165, 1.54) is 0 Å². The highest BCUT2D eigenvalue weighted by Gasteiger charge is 2.36. The number of hydrogen-bond acceptors (Lipinski definition) is 5. The van der Waals surface area contributed by atoms with Crippen LogP contribution in [0.1, 0.15) is 47.3 Å². The fourth-order valence-corrected chi connectivity index (χ4v) is 6.55. The van der Waals surface area contributed by atoms with Crippen molar-refractivity contribution in [2.24, 2.45) is 0 Å². The van der Waals surface area contributed by atoms with Gasteiger partial charge in [-0.25, -0.2) is 13.4 Å². The molecule has 3 aromatic rings. The minimum atomic E-state index is -3.73. The van der Waals surface area contributed by atoms with Crippen molar-refractivity contribution in [3.63, 3.8) is 0 Å². The molecular weight excluding hydrogens is 521 g/mol. The smallest absolute Gasteiger partial charge is 0.255 e. The van der Waals surface area contributed by atoms with Crippen molar-refractivity contribution in [2.45, 2.75) is 61.8 Å². The summed E-state index contributed by atoms with van der Waals surface area (Å²) >= 11 is 12.4. The zero-order chi connectivity index (χ0) is 25.3. The maximum atomic E-state index is 13.5. The average Bonchev–Trinajstić information content (AvgIpc) is 3.39. The van der Waals surface area contributed by atoms with Crippen molar-refractivity contribution in [3.05, 3.63) is 81.6 Å². The van der Waals surface area contributed by atoms with E-state index in [1.807, 2.05) is 18.2 Å². The van der Waals surface area contributed by atoms with Gasteiger partial charge < -0.3 is 14.2 Å². The lowest BCUT2D eigenvalue weighted by atomic mass is 10.2. The van der Waals surface area contributed by atoms with Crippen LogP contribution in [0.4, 0.5) is 0 Å². The Bertz CT molecular complexity index is 1350. The Kier molecular flexibility index (Phi) is 7.40. The molecule has 1 aliphatic heterocycles. The lowest BCUT2D eigenvalue weighted by molar-refractivity contribution is 0.0718. The van der Waals surface area contributed by atoms with Gasteiger partial charge in [0.05, 0.1) is 47.4 Å². The molecule has 0 N–H and O–H groups in total. The molecule has 1 saturated heterocycles. The van der Waals surface area contributed by atoms with Crippen LogP contribution in [-0.4, -0.2) is 47.5 Å². The summed E-state index contributed by atoms with van der Waals surface area (Å²) in [6, 6.07) is 13.9. The zero-order valence-corrected chi connectivity index (χ0v) is 22.0. The van der Waals surface area contributed by atoms with Crippen LogP contribution in [0.5, 0.6) is 0 Å². The molecule has 0 spiro atoms. The standard InChI is InChI=1S/C26H27Cl2N3O4S/c27-19-8-11-23(24(28)13-19)25(32)30(20-9-10-20)15-21-14-29-26(31(21)16-22-7-4-12-35-22)36(33,34)17-18-5-2-1-3-6-18/h1-3,5-6,8,11,13-14,20,22H,4,7,9-10,12,15-17H2. The monoisotopic (exact) mass is 547 g/mol. The molecule has 0 radical (unpaired) electrons. The average molecular weight is 548 g/mol. The van der Waals surface area contributed by atoms with E-state index >= 15 is 0 Å². The van der Waals surface area contributed by atoms with Crippen LogP contribution in [0.15, 0.2) is 59.9 Å². The summed E-state index contributed by atoms with van der Waals surface area (Å²) < 4.78 is 34.4. The van der Waals surface area contributed by atoms with Crippen LogP contribution in [-0.2, 0) is 33.4 Å². The van der Waals surface area contributed by atoms with Crippen LogP contribution >= 0.6 is 23.2 Å². The number of hydrogen-bond donors (Lipinski definition) is 0. The molecule has 10 heteroatoms. The normalized spacial score (nSPS) is 17.9. The van der Waals surface area contributed by atoms with Gasteiger partial charge in [0, 0.05) is 17.7 Å². The van der Waals surface area contributed by atoms with Gasteiger partial charge in [-0.05, 0) is 49.4 Å². The van der Waals surface area contributed by atoms with Crippen molar-refractivity contribution in [3.8, 4) is 0 Å². The highest BCUT2D eigenvalue weighted by atomic mass is 35.5. The Balaban J connectivity index is 1.47. The van der Waals surface area contributed by atoms with Crippen LogP contribution in [0, 0.1) is 0 Å². The van der Waals surface area contributed by atoms with Gasteiger partial charge in [0.25, 0.3) is 5.91 Å². The molecule has 190 valence electrons. The third-order valence-electron chi connectivity index (χ3n) is 6.53. The molecule has 2 fully saturated rings. The van der Waals surface area contributed by atoms with Gasteiger partial charge in [-0.3, -0.25) is 4.79 Å². The van der Waals surface area contributed by atoms with Crippen molar-refractivity contribution >= 4 is 38.9 Å². The summed E-state index contributed by atoms with van der Waals surface area (Å²) in [5.74, 6) is -0.362. The predicted octanol–water partition coefficient (Wildman–Crippen LogP) is 5.15. The fraction of sp³-hybridized carbons (Fsp3) is 0.385. The van der Waals surface area contributed by atoms with Gasteiger partial charge >= 0.3 is 0 Å². The Morgan fingerprint density at radius 3 is 2.56 bits per heavy atom. The second kappa shape index (κ2) is 10.5. The van der Waals surface area contributed by atoms with Crippen LogP contribution in [0.25, 0.3) is 0 Å². The largest absolute Gasteiger partial charge is 0.376 e. The van der Waals surface area contributed by atoms with Gasteiger partial charge in [-0.2, -0.15) is 0 Å². The first-order chi connectivity index (χ1) is 17.3. The summed E-state index contributed by atoms with van der Waals surface area (Å²) in [4.78, 5) is 19.6. The van der Waals surface area contributed by atoms with E-state index in [0.29, 0.717) is 35.0 Å². The SMILES string of the molecule is O=C(c1ccc(Cl)cc1Cl)N(Cc1cnc(S(=O)(=O)Cc2ccccc2)n1CC1CCCO1)C1CC1. The lowest BCUT2D eigenvalue weighted by Gasteiger charge is -2.24. The maximum Gasteiger partial charge on any atom is 0.255 e. The second-order valence-corrected chi connectivity index (χ2v) is 12.0. The number of nitrogens with zero attached hydrogens (tertiary/aromatic N) is 3. The minimum absolute atomic E-state index is 0.00424. The topological polar surface area (TPSA) is 81.5 Å². The zero-order valence-electron chi connectivity index (χ0n) is 19.6. The summed E-state index contributed by atoms with van der Waals surface area (Å²) in [6.07, 6.45) is 5.02. The van der Waals surface area contributed by atoms with Crippen LogP contribution in [0.2, 0.25) is 10.0 Å². The van der Waals surface area contributed by atoms with Gasteiger partial charge in [-0.1, -0.05) is 53.5 Å². The van der Waals surface area contributed by atoms with Gasteiger partial charge in [0.2, 0.25) is 15.0 Å². The molecule has 1 atom stereocenters. The molecule has 36 heavy (non-hydrogen) atoms. The van der Waals surface area contributed by atoms with E-state index in [4.69, 9.17) is 27.9 Å². The van der Waals surface area contributed by atoms with E-state index in [2.05, 4.69) is 4.98 Å². The Labute approximate surface area is 220 Å². The van der Waals surface area contributed by atoms with Crippen molar-refractivity contribution in [2.75, 3.05) is 6.61 Å². The van der Waals surface area contributed by atoms with Crippen molar-refractivity contribution < 1.29 is 17.9 Å². The quantitative estimate of drug-likeness (QED) is 0.370. The number of benzene rings is 2. The first-order valence-electron chi connectivity index (χ1n) is 12.0. The van der Waals surface area contributed by atoms with Crippen molar-refractivity contribution in [1.29, 1.82) is 0 Å². The molecule has 5 rings (SSSR count). The van der Waals surface area contributed by atoms with Gasteiger partial charge in [0.1, 0.15) is 0 Å². The third-order valence-corrected chi connectivity index (χ3v) is 8.68. The summed E-state index contributed by atoms with van der Waals surface area (Å²) in [6.45, 7) is 1.25. The highest BCUT2D eigenvalue weighted by Crippen LogP contribution is 2.33. The molecule has 2 heterocycles. The first-order valence-corrected chi connectivity index (χ1v) is 14.4. The third kappa shape index (κ3) is 5.62. The molecule has 1 unspecified atom stereocenters. The Hall–Kier alpha value is -2.39. The molecule has 7 nitrogen and oxygen atoms in total. The lowest BCUT2D eigenvalue weighted by Crippen LogP contribution is -2.34. The van der Waals surface area contributed by atoms with E-state index in [9.17, 15) is 13.2 Å². The predicted molar refractivity (Wildman–Crippen MR) is 138 cm³/mol. The molecule has 2 aliphatic rings. The molecule has 1 saturated carbocycles. The van der Waals surface area contributed by atoms with E-state index in [0.717, 1.165) is 25.7 Å². The van der Waals surface area contributed by atoms with E-state index in [1.54, 1.807) is 46.0 Å². The second-order valence-electron chi connectivity index (χ2n) is 9.31. The van der Waals surface area contributed by atoms with Crippen LogP contribution in [0.3, 0.4) is 0 Å². The number of amides is 1. The maximum absolute atomic E-state index is 13.5. The highest BCUT2D eigenvalue weighted by molar-refractivity contribution is 7.90. The summed E-state index contributed by atoms with van der Waals surface area (Å²) in [7, 11) is -3.73. The minimum Gasteiger partial charge on any atom is -0.376 e. The van der Waals surface area contributed by atoms with Gasteiger partial charge in [-0.15, -0.1) is 0 Å². The first kappa shape index (κ1) is 25.3. The van der Waals surface area contributed by atoms with Crippen LogP contribution < -0.4 is 0 Å². The Morgan fingerprint density at radius 1 is 1.11 bits per heavy atom. The number of sulfone groups is 1. The molecular formula is C26H27Cl2N3O4S. The van der Waals surface area contributed by atoms with Gasteiger partial charge in [0.15, 0.2) is 0 Å². The summed E-state index contributed by atoms with van der Waals surface area (Å²) in [5, 5.41) is 0.749.